The number of nitrogens with zero attached hydrogens (tertiary/aromatic N) is 2. The molecule has 124 valence electrons. The minimum absolute atomic E-state index is 0.0389. The second-order valence-electron chi connectivity index (χ2n) is 6.97. The summed E-state index contributed by atoms with van der Waals surface area (Å²) in [6.07, 6.45) is 0.754. The summed E-state index contributed by atoms with van der Waals surface area (Å²) in [5.74, 6) is 0. The van der Waals surface area contributed by atoms with Gasteiger partial charge in [-0.3, -0.25) is 4.68 Å². The van der Waals surface area contributed by atoms with Crippen molar-refractivity contribution in [1.82, 2.24) is 14.5 Å². The predicted octanol–water partition coefficient (Wildman–Crippen LogP) is 2.74. The Bertz CT molecular complexity index is 866. The van der Waals surface area contributed by atoms with Gasteiger partial charge in [0, 0.05) is 13.1 Å². The Morgan fingerprint density at radius 1 is 1.26 bits per heavy atom. The second-order valence-corrected chi connectivity index (χ2v) is 8.62. The minimum atomic E-state index is -3.61. The van der Waals surface area contributed by atoms with E-state index in [2.05, 4.69) is 29.7 Å². The van der Waals surface area contributed by atoms with Crippen molar-refractivity contribution >= 4 is 10.0 Å². The Morgan fingerprint density at radius 2 is 1.91 bits per heavy atom. The Morgan fingerprint density at radius 3 is 2.52 bits per heavy atom. The number of benzene rings is 1. The summed E-state index contributed by atoms with van der Waals surface area (Å²) < 4.78 is 30.3. The van der Waals surface area contributed by atoms with Crippen LogP contribution in [0.25, 0.3) is 0 Å². The smallest absolute Gasteiger partial charge is 0.244 e. The van der Waals surface area contributed by atoms with E-state index < -0.39 is 10.0 Å². The Labute approximate surface area is 137 Å². The van der Waals surface area contributed by atoms with Crippen molar-refractivity contribution in [2.75, 3.05) is 0 Å². The van der Waals surface area contributed by atoms with Crippen LogP contribution >= 0.6 is 0 Å². The van der Waals surface area contributed by atoms with Crippen molar-refractivity contribution < 1.29 is 8.42 Å². The number of aryl methyl sites for hydroxylation is 2. The topological polar surface area (TPSA) is 64.0 Å². The van der Waals surface area contributed by atoms with Crippen LogP contribution in [0.5, 0.6) is 0 Å². The highest BCUT2D eigenvalue weighted by Crippen LogP contribution is 2.44. The summed E-state index contributed by atoms with van der Waals surface area (Å²) in [4.78, 5) is 0.294. The number of sulfonamides is 1. The van der Waals surface area contributed by atoms with Gasteiger partial charge in [0.25, 0.3) is 0 Å². The number of rotatable bonds is 3. The maximum atomic E-state index is 12.9. The predicted molar refractivity (Wildman–Crippen MR) is 89.8 cm³/mol. The molecule has 0 amide bonds. The molecule has 1 aliphatic rings. The highest BCUT2D eigenvalue weighted by Gasteiger charge is 2.39. The van der Waals surface area contributed by atoms with Crippen molar-refractivity contribution in [3.05, 3.63) is 46.8 Å². The largest absolute Gasteiger partial charge is 0.271 e. The first-order valence-corrected chi connectivity index (χ1v) is 9.24. The number of hydrogen-bond acceptors (Lipinski definition) is 3. The molecule has 23 heavy (non-hydrogen) atoms. The SMILES string of the molecule is Cc1nn(C)c(C)c1S(=O)(=O)NC1CC(C)(C)c2ccccc21. The van der Waals surface area contributed by atoms with E-state index in [0.717, 1.165) is 12.0 Å². The van der Waals surface area contributed by atoms with Crippen LogP contribution in [0.15, 0.2) is 29.2 Å². The van der Waals surface area contributed by atoms with Crippen molar-refractivity contribution in [2.24, 2.45) is 7.05 Å². The van der Waals surface area contributed by atoms with E-state index in [9.17, 15) is 8.42 Å². The Balaban J connectivity index is 2.00. The molecular formula is C17H23N3O2S. The van der Waals surface area contributed by atoms with Gasteiger partial charge in [-0.05, 0) is 36.8 Å². The third-order valence-corrected chi connectivity index (χ3v) is 6.51. The molecule has 1 aromatic carbocycles. The van der Waals surface area contributed by atoms with Gasteiger partial charge in [-0.1, -0.05) is 38.1 Å². The van der Waals surface area contributed by atoms with Gasteiger partial charge in [0.1, 0.15) is 4.90 Å². The molecule has 1 heterocycles. The Kier molecular flexibility index (Phi) is 3.65. The van der Waals surface area contributed by atoms with Gasteiger partial charge in [-0.25, -0.2) is 13.1 Å². The lowest BCUT2D eigenvalue weighted by atomic mass is 9.87. The zero-order chi connectivity index (χ0) is 17.0. The lowest BCUT2D eigenvalue weighted by Crippen LogP contribution is -2.29. The molecule has 1 unspecified atom stereocenters. The summed E-state index contributed by atoms with van der Waals surface area (Å²) in [6, 6.07) is 7.87. The fourth-order valence-corrected chi connectivity index (χ4v) is 5.30. The molecule has 1 aromatic heterocycles. The van der Waals surface area contributed by atoms with Crippen LogP contribution < -0.4 is 4.72 Å². The lowest BCUT2D eigenvalue weighted by molar-refractivity contribution is 0.458. The summed E-state index contributed by atoms with van der Waals surface area (Å²) >= 11 is 0. The van der Waals surface area contributed by atoms with Crippen LogP contribution in [0.2, 0.25) is 0 Å². The number of hydrogen-bond donors (Lipinski definition) is 1. The van der Waals surface area contributed by atoms with Gasteiger partial charge in [0.15, 0.2) is 0 Å². The van der Waals surface area contributed by atoms with Gasteiger partial charge < -0.3 is 0 Å². The zero-order valence-electron chi connectivity index (χ0n) is 14.2. The molecule has 0 bridgehead atoms. The summed E-state index contributed by atoms with van der Waals surface area (Å²) in [5, 5.41) is 4.22. The van der Waals surface area contributed by atoms with E-state index in [0.29, 0.717) is 16.3 Å². The van der Waals surface area contributed by atoms with E-state index in [1.54, 1.807) is 25.6 Å². The van der Waals surface area contributed by atoms with E-state index >= 15 is 0 Å². The standard InChI is InChI=1S/C17H23N3O2S/c1-11-16(12(2)20(5)18-11)23(21,22)19-15-10-17(3,4)14-9-7-6-8-13(14)15/h6-9,15,19H,10H2,1-5H3. The molecule has 0 saturated carbocycles. The first-order chi connectivity index (χ1) is 10.6. The van der Waals surface area contributed by atoms with E-state index in [1.807, 2.05) is 18.2 Å². The highest BCUT2D eigenvalue weighted by atomic mass is 32.2. The van der Waals surface area contributed by atoms with Crippen LogP contribution in [0.4, 0.5) is 0 Å². The monoisotopic (exact) mass is 333 g/mol. The molecule has 1 aliphatic carbocycles. The van der Waals surface area contributed by atoms with Crippen molar-refractivity contribution in [1.29, 1.82) is 0 Å². The van der Waals surface area contributed by atoms with Gasteiger partial charge in [0.2, 0.25) is 10.0 Å². The van der Waals surface area contributed by atoms with Gasteiger partial charge in [0.05, 0.1) is 11.4 Å². The van der Waals surface area contributed by atoms with Crippen LogP contribution in [-0.2, 0) is 22.5 Å². The van der Waals surface area contributed by atoms with E-state index in [1.165, 1.54) is 5.56 Å². The average Bonchev–Trinajstić information content (AvgIpc) is 2.84. The first-order valence-electron chi connectivity index (χ1n) is 7.75. The van der Waals surface area contributed by atoms with Crippen molar-refractivity contribution in [2.45, 2.75) is 50.5 Å². The van der Waals surface area contributed by atoms with Crippen molar-refractivity contribution in [3.63, 3.8) is 0 Å². The lowest BCUT2D eigenvalue weighted by Gasteiger charge is -2.19. The Hall–Kier alpha value is -1.66. The summed E-state index contributed by atoms with van der Waals surface area (Å²) in [6.45, 7) is 7.82. The quantitative estimate of drug-likeness (QED) is 0.939. The third-order valence-electron chi connectivity index (χ3n) is 4.79. The number of aromatic nitrogens is 2. The normalized spacial score (nSPS) is 19.8. The summed E-state index contributed by atoms with van der Waals surface area (Å²) in [5.41, 5.74) is 3.43. The van der Waals surface area contributed by atoms with E-state index in [4.69, 9.17) is 0 Å². The fourth-order valence-electron chi connectivity index (χ4n) is 3.64. The zero-order valence-corrected chi connectivity index (χ0v) is 15.0. The van der Waals surface area contributed by atoms with Gasteiger partial charge in [-0.15, -0.1) is 0 Å². The minimum Gasteiger partial charge on any atom is -0.271 e. The van der Waals surface area contributed by atoms with Gasteiger partial charge >= 0.3 is 0 Å². The number of fused-ring (bicyclic) bond motifs is 1. The van der Waals surface area contributed by atoms with Crippen molar-refractivity contribution in [3.8, 4) is 0 Å². The molecule has 6 heteroatoms. The number of nitrogens with one attached hydrogen (secondary N) is 1. The molecule has 0 saturated heterocycles. The molecule has 0 fully saturated rings. The molecule has 0 aliphatic heterocycles. The fraction of sp³-hybridized carbons (Fsp3) is 0.471. The molecule has 0 spiro atoms. The average molecular weight is 333 g/mol. The molecule has 1 atom stereocenters. The maximum absolute atomic E-state index is 12.9. The first kappa shape index (κ1) is 16.2. The highest BCUT2D eigenvalue weighted by molar-refractivity contribution is 7.89. The molecule has 0 radical (unpaired) electrons. The second kappa shape index (κ2) is 5.18. The van der Waals surface area contributed by atoms with Gasteiger partial charge in [-0.2, -0.15) is 5.10 Å². The third kappa shape index (κ3) is 2.60. The molecule has 1 N–H and O–H groups in total. The van der Waals surface area contributed by atoms with Crippen LogP contribution in [0.1, 0.15) is 48.8 Å². The van der Waals surface area contributed by atoms with Crippen LogP contribution in [-0.4, -0.2) is 18.2 Å². The maximum Gasteiger partial charge on any atom is 0.244 e. The molecule has 5 nitrogen and oxygen atoms in total. The summed E-state index contributed by atoms with van der Waals surface area (Å²) in [7, 11) is -1.85. The molecule has 2 aromatic rings. The molecular weight excluding hydrogens is 310 g/mol. The van der Waals surface area contributed by atoms with Crippen LogP contribution in [0.3, 0.4) is 0 Å². The van der Waals surface area contributed by atoms with Crippen LogP contribution in [0, 0.1) is 13.8 Å². The van der Waals surface area contributed by atoms with E-state index in [-0.39, 0.29) is 11.5 Å². The molecule has 3 rings (SSSR count).